The Hall–Kier alpha value is -2.92. The summed E-state index contributed by atoms with van der Waals surface area (Å²) in [6.45, 7) is 1.95. The quantitative estimate of drug-likeness (QED) is 0.795. The van der Waals surface area contributed by atoms with Gasteiger partial charge in [0.05, 0.1) is 5.69 Å². The Morgan fingerprint density at radius 3 is 2.58 bits per heavy atom. The summed E-state index contributed by atoms with van der Waals surface area (Å²) in [5, 5.41) is 7.35. The molecule has 0 saturated carbocycles. The van der Waals surface area contributed by atoms with E-state index in [0.29, 0.717) is 16.4 Å². The second-order valence-electron chi connectivity index (χ2n) is 5.27. The molecule has 1 N–H and O–H groups in total. The van der Waals surface area contributed by atoms with E-state index in [9.17, 15) is 9.59 Å². The van der Waals surface area contributed by atoms with Gasteiger partial charge >= 0.3 is 0 Å². The summed E-state index contributed by atoms with van der Waals surface area (Å²) in [4.78, 5) is 24.4. The summed E-state index contributed by atoms with van der Waals surface area (Å²) in [5.74, 6) is -0.555. The number of carbonyl (C=O) groups excluding carboxylic acids is 1. The van der Waals surface area contributed by atoms with Gasteiger partial charge in [0.1, 0.15) is 0 Å². The molecule has 3 aromatic rings. The third kappa shape index (κ3) is 3.52. The van der Waals surface area contributed by atoms with Crippen LogP contribution in [0.2, 0.25) is 5.02 Å². The number of anilines is 1. The van der Waals surface area contributed by atoms with Gasteiger partial charge in [0.25, 0.3) is 5.91 Å². The maximum absolute atomic E-state index is 12.4. The maximum atomic E-state index is 12.4. The number of benzene rings is 2. The molecule has 1 amide bonds. The lowest BCUT2D eigenvalue weighted by atomic mass is 10.2. The van der Waals surface area contributed by atoms with Crippen LogP contribution >= 0.6 is 11.6 Å². The largest absolute Gasteiger partial charge is 0.320 e. The van der Waals surface area contributed by atoms with Crippen LogP contribution < -0.4 is 10.7 Å². The fourth-order valence-corrected chi connectivity index (χ4v) is 2.34. The van der Waals surface area contributed by atoms with Crippen LogP contribution in [0.1, 0.15) is 16.1 Å². The van der Waals surface area contributed by atoms with Crippen molar-refractivity contribution >= 4 is 23.2 Å². The summed E-state index contributed by atoms with van der Waals surface area (Å²) >= 11 is 5.97. The zero-order chi connectivity index (χ0) is 17.1. The number of nitrogens with one attached hydrogen (secondary N) is 1. The van der Waals surface area contributed by atoms with Crippen molar-refractivity contribution in [3.8, 4) is 5.69 Å². The van der Waals surface area contributed by atoms with Gasteiger partial charge in [0.15, 0.2) is 5.69 Å². The van der Waals surface area contributed by atoms with E-state index in [-0.39, 0.29) is 5.69 Å². The van der Waals surface area contributed by atoms with E-state index in [4.69, 9.17) is 11.6 Å². The van der Waals surface area contributed by atoms with Crippen LogP contribution in [0, 0.1) is 6.92 Å². The second-order valence-corrected chi connectivity index (χ2v) is 5.71. The van der Waals surface area contributed by atoms with Crippen molar-refractivity contribution in [2.24, 2.45) is 0 Å². The van der Waals surface area contributed by atoms with Crippen molar-refractivity contribution in [3.63, 3.8) is 0 Å². The van der Waals surface area contributed by atoms with Crippen LogP contribution in [0.4, 0.5) is 5.69 Å². The molecule has 0 fully saturated rings. The molecule has 3 rings (SSSR count). The Kier molecular flexibility index (Phi) is 4.44. The molecular formula is C18H14ClN3O2. The van der Waals surface area contributed by atoms with Crippen molar-refractivity contribution in [3.05, 3.63) is 87.3 Å². The fourth-order valence-electron chi connectivity index (χ4n) is 2.15. The van der Waals surface area contributed by atoms with E-state index in [2.05, 4.69) is 10.4 Å². The van der Waals surface area contributed by atoms with E-state index >= 15 is 0 Å². The minimum absolute atomic E-state index is 0.182. The van der Waals surface area contributed by atoms with E-state index in [0.717, 1.165) is 5.56 Å². The van der Waals surface area contributed by atoms with Gasteiger partial charge in [-0.3, -0.25) is 9.59 Å². The normalized spacial score (nSPS) is 10.4. The zero-order valence-electron chi connectivity index (χ0n) is 12.9. The number of rotatable bonds is 3. The van der Waals surface area contributed by atoms with E-state index in [1.54, 1.807) is 36.4 Å². The summed E-state index contributed by atoms with van der Waals surface area (Å²) in [7, 11) is 0. The highest BCUT2D eigenvalue weighted by Gasteiger charge is 2.13. The number of carbonyl (C=O) groups is 1. The molecule has 0 unspecified atom stereocenters. The predicted molar refractivity (Wildman–Crippen MR) is 94.0 cm³/mol. The smallest absolute Gasteiger partial charge is 0.280 e. The molecule has 0 spiro atoms. The molecule has 1 aromatic heterocycles. The first kappa shape index (κ1) is 16.0. The number of nitrogens with zero attached hydrogens (tertiary/aromatic N) is 2. The minimum Gasteiger partial charge on any atom is -0.320 e. The summed E-state index contributed by atoms with van der Waals surface area (Å²) in [6.07, 6.45) is 1.50. The molecule has 0 aliphatic heterocycles. The molecule has 0 saturated heterocycles. The molecule has 0 aliphatic rings. The molecule has 0 atom stereocenters. The van der Waals surface area contributed by atoms with E-state index < -0.39 is 11.3 Å². The number of amides is 1. The SMILES string of the molecule is Cc1ccc(NC(=O)c2nn(-c3cccc(Cl)c3)ccc2=O)cc1. The highest BCUT2D eigenvalue weighted by atomic mass is 35.5. The highest BCUT2D eigenvalue weighted by molar-refractivity contribution is 6.30. The fraction of sp³-hybridized carbons (Fsp3) is 0.0556. The summed E-state index contributed by atoms with van der Waals surface area (Å²) < 4.78 is 1.44. The van der Waals surface area contributed by atoms with Gasteiger partial charge in [0, 0.05) is 23.0 Å². The Morgan fingerprint density at radius 1 is 1.12 bits per heavy atom. The zero-order valence-corrected chi connectivity index (χ0v) is 13.6. The maximum Gasteiger partial charge on any atom is 0.280 e. The first-order valence-corrected chi connectivity index (χ1v) is 7.65. The molecule has 1 heterocycles. The predicted octanol–water partition coefficient (Wildman–Crippen LogP) is 3.45. The molecule has 2 aromatic carbocycles. The summed E-state index contributed by atoms with van der Waals surface area (Å²) in [6, 6.07) is 15.6. The van der Waals surface area contributed by atoms with Crippen LogP contribution in [0.3, 0.4) is 0 Å². The molecular weight excluding hydrogens is 326 g/mol. The van der Waals surface area contributed by atoms with Crippen molar-refractivity contribution in [2.45, 2.75) is 6.92 Å². The van der Waals surface area contributed by atoms with Gasteiger partial charge in [0.2, 0.25) is 5.43 Å². The Labute approximate surface area is 143 Å². The van der Waals surface area contributed by atoms with Crippen LogP contribution in [0.5, 0.6) is 0 Å². The monoisotopic (exact) mass is 339 g/mol. The van der Waals surface area contributed by atoms with Gasteiger partial charge in [-0.25, -0.2) is 4.68 Å². The average Bonchev–Trinajstić information content (AvgIpc) is 2.57. The van der Waals surface area contributed by atoms with Gasteiger partial charge in [-0.2, -0.15) is 5.10 Å². The lowest BCUT2D eigenvalue weighted by molar-refractivity contribution is 0.101. The standard InChI is InChI=1S/C18H14ClN3O2/c1-12-5-7-14(8-6-12)20-18(24)17-16(23)9-10-22(21-17)15-4-2-3-13(19)11-15/h2-11H,1H3,(H,20,24). The molecule has 0 radical (unpaired) electrons. The van der Waals surface area contributed by atoms with Crippen molar-refractivity contribution < 1.29 is 4.79 Å². The van der Waals surface area contributed by atoms with E-state index in [1.165, 1.54) is 16.9 Å². The average molecular weight is 340 g/mol. The van der Waals surface area contributed by atoms with Crippen LogP contribution in [-0.2, 0) is 0 Å². The van der Waals surface area contributed by atoms with E-state index in [1.807, 2.05) is 19.1 Å². The lowest BCUT2D eigenvalue weighted by Crippen LogP contribution is -2.25. The first-order valence-electron chi connectivity index (χ1n) is 7.27. The van der Waals surface area contributed by atoms with Gasteiger partial charge in [-0.15, -0.1) is 0 Å². The molecule has 0 aliphatic carbocycles. The molecule has 0 bridgehead atoms. The van der Waals surface area contributed by atoms with Crippen LogP contribution in [0.25, 0.3) is 5.69 Å². The van der Waals surface area contributed by atoms with Crippen molar-refractivity contribution in [1.82, 2.24) is 9.78 Å². The highest BCUT2D eigenvalue weighted by Crippen LogP contribution is 2.14. The number of halogens is 1. The van der Waals surface area contributed by atoms with Gasteiger partial charge in [-0.05, 0) is 37.3 Å². The number of hydrogen-bond donors (Lipinski definition) is 1. The molecule has 120 valence electrons. The Morgan fingerprint density at radius 2 is 1.88 bits per heavy atom. The molecule has 5 nitrogen and oxygen atoms in total. The number of aryl methyl sites for hydroxylation is 1. The molecule has 24 heavy (non-hydrogen) atoms. The van der Waals surface area contributed by atoms with Gasteiger partial charge < -0.3 is 5.32 Å². The lowest BCUT2D eigenvalue weighted by Gasteiger charge is -2.08. The third-order valence-corrected chi connectivity index (χ3v) is 3.64. The van der Waals surface area contributed by atoms with Crippen molar-refractivity contribution in [1.29, 1.82) is 0 Å². The third-order valence-electron chi connectivity index (χ3n) is 3.41. The number of hydrogen-bond acceptors (Lipinski definition) is 3. The van der Waals surface area contributed by atoms with Crippen LogP contribution in [0.15, 0.2) is 65.6 Å². The Bertz CT molecular complexity index is 949. The van der Waals surface area contributed by atoms with Crippen LogP contribution in [-0.4, -0.2) is 15.7 Å². The topological polar surface area (TPSA) is 64.0 Å². The minimum atomic E-state index is -0.555. The second kappa shape index (κ2) is 6.68. The van der Waals surface area contributed by atoms with Gasteiger partial charge in [-0.1, -0.05) is 35.4 Å². The van der Waals surface area contributed by atoms with Crippen molar-refractivity contribution in [2.75, 3.05) is 5.32 Å². The number of aromatic nitrogens is 2. The Balaban J connectivity index is 1.92. The summed E-state index contributed by atoms with van der Waals surface area (Å²) in [5.41, 5.74) is 1.71. The molecule has 6 heteroatoms. The first-order chi connectivity index (χ1) is 11.5.